The van der Waals surface area contributed by atoms with Gasteiger partial charge in [0.15, 0.2) is 0 Å². The minimum absolute atomic E-state index is 0. The molecule has 166 valence electrons. The topological polar surface area (TPSA) is 67.6 Å². The number of ether oxygens (including phenoxy) is 1. The number of nitrogen functional groups attached to an aromatic ring is 1. The molecule has 0 spiro atoms. The first-order valence-corrected chi connectivity index (χ1v) is 10.1. The Hall–Kier alpha value is -1.79. The second-order valence-electron chi connectivity index (χ2n) is 7.52. The van der Waals surface area contributed by atoms with Gasteiger partial charge in [-0.3, -0.25) is 9.69 Å². The third-order valence-corrected chi connectivity index (χ3v) is 5.25. The Bertz CT molecular complexity index is 766. The van der Waals surface area contributed by atoms with Crippen LogP contribution in [0.1, 0.15) is 40.7 Å². The second kappa shape index (κ2) is 13.5. The number of hydrogen-bond donors (Lipinski definition) is 2. The first kappa shape index (κ1) is 26.2. The number of piperidine rings is 1. The normalized spacial score (nSPS) is 14.4. The van der Waals surface area contributed by atoms with Gasteiger partial charge in [-0.15, -0.1) is 24.8 Å². The molecule has 5 nitrogen and oxygen atoms in total. The summed E-state index contributed by atoms with van der Waals surface area (Å²) in [6, 6.07) is 16.0. The quantitative estimate of drug-likeness (QED) is 0.463. The summed E-state index contributed by atoms with van der Waals surface area (Å²) in [6.07, 6.45) is 3.29. The van der Waals surface area contributed by atoms with E-state index in [-0.39, 0.29) is 30.7 Å². The van der Waals surface area contributed by atoms with Crippen molar-refractivity contribution >= 4 is 36.4 Å². The van der Waals surface area contributed by atoms with Gasteiger partial charge in [-0.2, -0.15) is 0 Å². The van der Waals surface area contributed by atoms with Crippen LogP contribution in [0.2, 0.25) is 0 Å². The maximum atomic E-state index is 12.3. The predicted octanol–water partition coefficient (Wildman–Crippen LogP) is 4.22. The van der Waals surface area contributed by atoms with Gasteiger partial charge in [0.05, 0.1) is 6.10 Å². The smallest absolute Gasteiger partial charge is 0.251 e. The van der Waals surface area contributed by atoms with Gasteiger partial charge in [0.2, 0.25) is 0 Å². The van der Waals surface area contributed by atoms with Crippen LogP contribution in [-0.4, -0.2) is 43.2 Å². The largest absolute Gasteiger partial charge is 0.399 e. The molecule has 1 aliphatic rings. The Morgan fingerprint density at radius 3 is 2.53 bits per heavy atom. The molecule has 1 aliphatic heterocycles. The SMILES string of the molecule is Cc1ccc(N)cc1C(=O)NCCCOC1CCN(Cc2ccccc2)CC1.Cl.Cl. The average molecular weight is 454 g/mol. The van der Waals surface area contributed by atoms with Crippen LogP contribution >= 0.6 is 24.8 Å². The van der Waals surface area contributed by atoms with Crippen LogP contribution < -0.4 is 11.1 Å². The summed E-state index contributed by atoms with van der Waals surface area (Å²) in [5.41, 5.74) is 9.33. The van der Waals surface area contributed by atoms with Crippen molar-refractivity contribution in [3.8, 4) is 0 Å². The van der Waals surface area contributed by atoms with E-state index in [1.807, 2.05) is 19.1 Å². The van der Waals surface area contributed by atoms with Gasteiger partial charge in [-0.25, -0.2) is 0 Å². The molecule has 3 N–H and O–H groups in total. The van der Waals surface area contributed by atoms with Crippen LogP contribution in [-0.2, 0) is 11.3 Å². The number of nitrogens with two attached hydrogens (primary N) is 1. The van der Waals surface area contributed by atoms with Crippen molar-refractivity contribution in [2.45, 2.75) is 38.8 Å². The maximum Gasteiger partial charge on any atom is 0.251 e. The molecule has 0 aliphatic carbocycles. The molecule has 0 radical (unpaired) electrons. The third-order valence-electron chi connectivity index (χ3n) is 5.25. The van der Waals surface area contributed by atoms with E-state index in [0.717, 1.165) is 44.5 Å². The zero-order valence-electron chi connectivity index (χ0n) is 17.5. The summed E-state index contributed by atoms with van der Waals surface area (Å²) in [5.74, 6) is -0.0704. The van der Waals surface area contributed by atoms with E-state index in [1.54, 1.807) is 6.07 Å². The van der Waals surface area contributed by atoms with Gasteiger partial charge in [-0.05, 0) is 49.4 Å². The van der Waals surface area contributed by atoms with Gasteiger partial charge in [-0.1, -0.05) is 36.4 Å². The molecule has 1 heterocycles. The number of halogens is 2. The third kappa shape index (κ3) is 8.15. The molecule has 1 amide bonds. The van der Waals surface area contributed by atoms with Crippen molar-refractivity contribution in [3.63, 3.8) is 0 Å². The second-order valence-corrected chi connectivity index (χ2v) is 7.52. The minimum Gasteiger partial charge on any atom is -0.399 e. The zero-order valence-corrected chi connectivity index (χ0v) is 19.1. The Morgan fingerprint density at radius 2 is 1.83 bits per heavy atom. The molecule has 3 rings (SSSR count). The molecule has 0 unspecified atom stereocenters. The van der Waals surface area contributed by atoms with Gasteiger partial charge in [0.1, 0.15) is 0 Å². The summed E-state index contributed by atoms with van der Waals surface area (Å²) >= 11 is 0. The van der Waals surface area contributed by atoms with Crippen molar-refractivity contribution in [3.05, 3.63) is 65.2 Å². The summed E-state index contributed by atoms with van der Waals surface area (Å²) in [4.78, 5) is 14.7. The van der Waals surface area contributed by atoms with Crippen LogP contribution in [0.25, 0.3) is 0 Å². The van der Waals surface area contributed by atoms with Gasteiger partial charge in [0, 0.05) is 44.0 Å². The molecular weight excluding hydrogens is 421 g/mol. The number of hydrogen-bond acceptors (Lipinski definition) is 4. The average Bonchev–Trinajstić information content (AvgIpc) is 2.71. The van der Waals surface area contributed by atoms with Crippen LogP contribution in [0.4, 0.5) is 5.69 Å². The molecule has 0 saturated carbocycles. The van der Waals surface area contributed by atoms with Crippen LogP contribution in [0.15, 0.2) is 48.5 Å². The lowest BCUT2D eigenvalue weighted by Crippen LogP contribution is -2.37. The first-order valence-electron chi connectivity index (χ1n) is 10.1. The summed E-state index contributed by atoms with van der Waals surface area (Å²) < 4.78 is 6.01. The van der Waals surface area contributed by atoms with E-state index < -0.39 is 0 Å². The van der Waals surface area contributed by atoms with Crippen LogP contribution in [0.5, 0.6) is 0 Å². The van der Waals surface area contributed by atoms with Gasteiger partial charge >= 0.3 is 0 Å². The number of carbonyl (C=O) groups is 1. The molecule has 1 saturated heterocycles. The lowest BCUT2D eigenvalue weighted by molar-refractivity contribution is 0.00515. The van der Waals surface area contributed by atoms with Crippen LogP contribution in [0, 0.1) is 6.92 Å². The fourth-order valence-corrected chi connectivity index (χ4v) is 3.58. The number of benzene rings is 2. The van der Waals surface area contributed by atoms with E-state index >= 15 is 0 Å². The number of rotatable bonds is 8. The highest BCUT2D eigenvalue weighted by molar-refractivity contribution is 5.96. The lowest BCUT2D eigenvalue weighted by Gasteiger charge is -2.32. The number of likely N-dealkylation sites (tertiary alicyclic amines) is 1. The number of anilines is 1. The van der Waals surface area contributed by atoms with Crippen molar-refractivity contribution in [1.29, 1.82) is 0 Å². The molecule has 2 aromatic rings. The number of carbonyl (C=O) groups excluding carboxylic acids is 1. The Morgan fingerprint density at radius 1 is 1.13 bits per heavy atom. The van der Waals surface area contributed by atoms with Gasteiger partial charge < -0.3 is 15.8 Å². The Labute approximate surface area is 192 Å². The highest BCUT2D eigenvalue weighted by Gasteiger charge is 2.19. The number of aryl methyl sites for hydroxylation is 1. The monoisotopic (exact) mass is 453 g/mol. The minimum atomic E-state index is -0.0704. The van der Waals surface area contributed by atoms with Crippen molar-refractivity contribution in [2.75, 3.05) is 32.0 Å². The first-order chi connectivity index (χ1) is 13.6. The fraction of sp³-hybridized carbons (Fsp3) is 0.435. The predicted molar refractivity (Wildman–Crippen MR) is 128 cm³/mol. The molecule has 0 aromatic heterocycles. The summed E-state index contributed by atoms with van der Waals surface area (Å²) in [7, 11) is 0. The number of amides is 1. The zero-order chi connectivity index (χ0) is 19.8. The van der Waals surface area contributed by atoms with E-state index in [9.17, 15) is 4.79 Å². The van der Waals surface area contributed by atoms with E-state index in [1.165, 1.54) is 5.56 Å². The van der Waals surface area contributed by atoms with Crippen molar-refractivity contribution in [1.82, 2.24) is 10.2 Å². The number of nitrogens with zero attached hydrogens (tertiary/aromatic N) is 1. The molecule has 2 aromatic carbocycles. The Kier molecular flexibility index (Phi) is 11.8. The highest BCUT2D eigenvalue weighted by atomic mass is 35.5. The molecule has 7 heteroatoms. The van der Waals surface area contributed by atoms with E-state index in [0.29, 0.717) is 30.5 Å². The lowest BCUT2D eigenvalue weighted by atomic mass is 10.1. The molecular formula is C23H33Cl2N3O2. The Balaban J connectivity index is 0.00000225. The standard InChI is InChI=1S/C23H31N3O2.2ClH/c1-18-8-9-20(24)16-22(18)23(27)25-12-5-15-28-21-10-13-26(14-11-21)17-19-6-3-2-4-7-19;;/h2-4,6-9,16,21H,5,10-15,17,24H2,1H3,(H,25,27);2*1H. The maximum absolute atomic E-state index is 12.3. The van der Waals surface area contributed by atoms with Crippen molar-refractivity contribution < 1.29 is 9.53 Å². The van der Waals surface area contributed by atoms with E-state index in [4.69, 9.17) is 10.5 Å². The van der Waals surface area contributed by atoms with Crippen LogP contribution in [0.3, 0.4) is 0 Å². The number of nitrogens with one attached hydrogen (secondary N) is 1. The van der Waals surface area contributed by atoms with Gasteiger partial charge in [0.25, 0.3) is 5.91 Å². The molecule has 0 atom stereocenters. The van der Waals surface area contributed by atoms with E-state index in [2.05, 4.69) is 40.5 Å². The molecule has 0 bridgehead atoms. The highest BCUT2D eigenvalue weighted by Crippen LogP contribution is 2.16. The summed E-state index contributed by atoms with van der Waals surface area (Å²) in [5, 5.41) is 2.96. The fourth-order valence-electron chi connectivity index (χ4n) is 3.58. The molecule has 30 heavy (non-hydrogen) atoms. The molecule has 1 fully saturated rings. The van der Waals surface area contributed by atoms with Crippen molar-refractivity contribution in [2.24, 2.45) is 0 Å². The summed E-state index contributed by atoms with van der Waals surface area (Å²) in [6.45, 7) is 6.38.